The third-order valence-electron chi connectivity index (χ3n) is 5.94. The first-order chi connectivity index (χ1) is 15.7. The van der Waals surface area contributed by atoms with Crippen LogP contribution in [0.3, 0.4) is 0 Å². The number of nitrogens with zero attached hydrogens (tertiary/aromatic N) is 3. The Labute approximate surface area is 189 Å². The van der Waals surface area contributed by atoms with Crippen LogP contribution in [0, 0.1) is 5.92 Å². The molecule has 0 saturated heterocycles. The predicted molar refractivity (Wildman–Crippen MR) is 127 cm³/mol. The fourth-order valence-electron chi connectivity index (χ4n) is 4.27. The Morgan fingerprint density at radius 2 is 1.50 bits per heavy atom. The van der Waals surface area contributed by atoms with E-state index in [1.54, 1.807) is 0 Å². The summed E-state index contributed by atoms with van der Waals surface area (Å²) >= 11 is 0. The summed E-state index contributed by atoms with van der Waals surface area (Å²) < 4.78 is 6.05. The van der Waals surface area contributed by atoms with E-state index in [1.165, 1.54) is 19.3 Å². The lowest BCUT2D eigenvalue weighted by Gasteiger charge is -2.27. The van der Waals surface area contributed by atoms with E-state index in [0.29, 0.717) is 37.0 Å². The van der Waals surface area contributed by atoms with Gasteiger partial charge in [0.2, 0.25) is 11.8 Å². The molecule has 0 aliphatic heterocycles. The van der Waals surface area contributed by atoms with Crippen LogP contribution in [-0.4, -0.2) is 22.9 Å². The van der Waals surface area contributed by atoms with Crippen LogP contribution in [0.25, 0.3) is 0 Å². The van der Waals surface area contributed by atoms with E-state index in [0.717, 1.165) is 30.3 Å². The molecule has 1 aliphatic carbocycles. The van der Waals surface area contributed by atoms with Crippen molar-refractivity contribution in [3.63, 3.8) is 0 Å². The number of nitrogens with two attached hydrogens (primary N) is 1. The summed E-state index contributed by atoms with van der Waals surface area (Å²) in [6.45, 7) is 1.71. The van der Waals surface area contributed by atoms with Gasteiger partial charge in [-0.3, -0.25) is 4.79 Å². The number of rotatable bonds is 9. The zero-order valence-corrected chi connectivity index (χ0v) is 18.3. The molecule has 1 aliphatic rings. The van der Waals surface area contributed by atoms with Gasteiger partial charge in [0.25, 0.3) is 0 Å². The second-order valence-corrected chi connectivity index (χ2v) is 8.38. The number of nitrogen functional groups attached to an aromatic ring is 1. The Hall–Kier alpha value is -3.41. The molecular formula is C26H30N4O2. The van der Waals surface area contributed by atoms with Crippen LogP contribution in [0.2, 0.25) is 0 Å². The number of hydrogen-bond acceptors (Lipinski definition) is 6. The van der Waals surface area contributed by atoms with Crippen molar-refractivity contribution >= 4 is 18.1 Å². The van der Waals surface area contributed by atoms with Gasteiger partial charge in [-0.1, -0.05) is 79.9 Å². The molecule has 2 aromatic carbocycles. The summed E-state index contributed by atoms with van der Waals surface area (Å²) in [6.07, 6.45) is 6.83. The molecule has 0 radical (unpaired) electrons. The molecule has 0 bridgehead atoms. The molecule has 1 aromatic heterocycles. The van der Waals surface area contributed by atoms with E-state index >= 15 is 0 Å². The monoisotopic (exact) mass is 430 g/mol. The molecule has 4 rings (SSSR count). The van der Waals surface area contributed by atoms with Crippen molar-refractivity contribution in [3.05, 3.63) is 77.4 Å². The zero-order valence-electron chi connectivity index (χ0n) is 18.3. The first-order valence-electron chi connectivity index (χ1n) is 11.3. The van der Waals surface area contributed by atoms with Gasteiger partial charge >= 0.3 is 0 Å². The van der Waals surface area contributed by atoms with Crippen molar-refractivity contribution in [2.45, 2.75) is 45.2 Å². The van der Waals surface area contributed by atoms with Crippen molar-refractivity contribution in [2.75, 3.05) is 17.2 Å². The van der Waals surface area contributed by atoms with Gasteiger partial charge in [0.05, 0.1) is 6.61 Å². The normalized spacial score (nSPS) is 14.1. The lowest BCUT2D eigenvalue weighted by atomic mass is 9.90. The molecule has 0 unspecified atom stereocenters. The molecule has 6 nitrogen and oxygen atoms in total. The number of anilines is 2. The average Bonchev–Trinajstić information content (AvgIpc) is 2.84. The molecule has 1 heterocycles. The number of benzene rings is 2. The minimum Gasteiger partial charge on any atom is -0.477 e. The number of aldehydes is 1. The van der Waals surface area contributed by atoms with Crippen LogP contribution < -0.4 is 15.4 Å². The topological polar surface area (TPSA) is 81.3 Å². The number of carbonyl (C=O) groups is 1. The highest BCUT2D eigenvalue weighted by molar-refractivity contribution is 5.86. The number of carbonyl (C=O) groups excluding carboxylic acids is 1. The van der Waals surface area contributed by atoms with Crippen molar-refractivity contribution in [2.24, 2.45) is 5.92 Å². The standard InChI is InChI=1S/C26H30N4O2/c27-26-28-24(23(18-31)25(29-26)32-19-22-14-8-3-9-15-22)30(16-20-10-4-1-5-11-20)17-21-12-6-2-7-13-21/h1-2,4-7,10-13,18,22H,3,8-9,14-17,19H2,(H2,27,28,29). The van der Waals surface area contributed by atoms with Gasteiger partial charge in [0.1, 0.15) is 11.4 Å². The highest BCUT2D eigenvalue weighted by Crippen LogP contribution is 2.30. The number of hydrogen-bond donors (Lipinski definition) is 1. The van der Waals surface area contributed by atoms with Crippen LogP contribution in [0.1, 0.15) is 53.6 Å². The van der Waals surface area contributed by atoms with Gasteiger partial charge in [-0.25, -0.2) is 0 Å². The maximum Gasteiger partial charge on any atom is 0.231 e. The fraction of sp³-hybridized carbons (Fsp3) is 0.346. The van der Waals surface area contributed by atoms with E-state index in [-0.39, 0.29) is 11.8 Å². The maximum absolute atomic E-state index is 12.2. The highest BCUT2D eigenvalue weighted by atomic mass is 16.5. The second-order valence-electron chi connectivity index (χ2n) is 8.38. The lowest BCUT2D eigenvalue weighted by Crippen LogP contribution is -2.26. The Morgan fingerprint density at radius 1 is 0.906 bits per heavy atom. The first-order valence-corrected chi connectivity index (χ1v) is 11.3. The van der Waals surface area contributed by atoms with Gasteiger partial charge in [-0.05, 0) is 29.9 Å². The summed E-state index contributed by atoms with van der Waals surface area (Å²) in [5.74, 6) is 1.38. The van der Waals surface area contributed by atoms with Crippen LogP contribution >= 0.6 is 0 Å². The average molecular weight is 431 g/mol. The Balaban J connectivity index is 1.65. The van der Waals surface area contributed by atoms with Crippen LogP contribution in [-0.2, 0) is 13.1 Å². The molecule has 1 fully saturated rings. The molecule has 166 valence electrons. The molecule has 32 heavy (non-hydrogen) atoms. The van der Waals surface area contributed by atoms with E-state index in [1.807, 2.05) is 36.4 Å². The van der Waals surface area contributed by atoms with Crippen LogP contribution in [0.15, 0.2) is 60.7 Å². The van der Waals surface area contributed by atoms with Crippen LogP contribution in [0.5, 0.6) is 5.88 Å². The first kappa shape index (κ1) is 21.8. The fourth-order valence-corrected chi connectivity index (χ4v) is 4.27. The number of aromatic nitrogens is 2. The van der Waals surface area contributed by atoms with Crippen molar-refractivity contribution in [1.29, 1.82) is 0 Å². The summed E-state index contributed by atoms with van der Waals surface area (Å²) in [5, 5.41) is 0. The smallest absolute Gasteiger partial charge is 0.231 e. The molecule has 2 N–H and O–H groups in total. The SMILES string of the molecule is Nc1nc(OCC2CCCCC2)c(C=O)c(N(Cc2ccccc2)Cc2ccccc2)n1. The van der Waals surface area contributed by atoms with E-state index in [2.05, 4.69) is 39.1 Å². The summed E-state index contributed by atoms with van der Waals surface area (Å²) in [4.78, 5) is 23.0. The van der Waals surface area contributed by atoms with Gasteiger partial charge in [-0.15, -0.1) is 0 Å². The molecule has 0 spiro atoms. The number of ether oxygens (including phenoxy) is 1. The quantitative estimate of drug-likeness (QED) is 0.479. The molecule has 6 heteroatoms. The molecule has 0 atom stereocenters. The maximum atomic E-state index is 12.2. The van der Waals surface area contributed by atoms with Crippen molar-refractivity contribution in [1.82, 2.24) is 9.97 Å². The molecule has 3 aromatic rings. The summed E-state index contributed by atoms with van der Waals surface area (Å²) in [6, 6.07) is 20.2. The third-order valence-corrected chi connectivity index (χ3v) is 5.94. The lowest BCUT2D eigenvalue weighted by molar-refractivity contribution is 0.111. The van der Waals surface area contributed by atoms with Gasteiger partial charge in [-0.2, -0.15) is 9.97 Å². The minimum absolute atomic E-state index is 0.107. The van der Waals surface area contributed by atoms with E-state index in [9.17, 15) is 4.79 Å². The highest BCUT2D eigenvalue weighted by Gasteiger charge is 2.22. The van der Waals surface area contributed by atoms with E-state index in [4.69, 9.17) is 10.5 Å². The molecule has 1 saturated carbocycles. The Morgan fingerprint density at radius 3 is 2.06 bits per heavy atom. The van der Waals surface area contributed by atoms with Crippen LogP contribution in [0.4, 0.5) is 11.8 Å². The Bertz CT molecular complexity index is 964. The Kier molecular flexibility index (Phi) is 7.33. The largest absolute Gasteiger partial charge is 0.477 e. The van der Waals surface area contributed by atoms with Crippen molar-refractivity contribution in [3.8, 4) is 5.88 Å². The summed E-state index contributed by atoms with van der Waals surface area (Å²) in [7, 11) is 0. The third kappa shape index (κ3) is 5.63. The second kappa shape index (κ2) is 10.8. The van der Waals surface area contributed by atoms with Gasteiger partial charge in [0.15, 0.2) is 6.29 Å². The minimum atomic E-state index is 0.107. The van der Waals surface area contributed by atoms with Crippen molar-refractivity contribution < 1.29 is 9.53 Å². The van der Waals surface area contributed by atoms with E-state index < -0.39 is 0 Å². The van der Waals surface area contributed by atoms with Gasteiger partial charge in [0, 0.05) is 13.1 Å². The molecule has 0 amide bonds. The predicted octanol–water partition coefficient (Wildman–Crippen LogP) is 5.04. The van der Waals surface area contributed by atoms with Gasteiger partial charge < -0.3 is 15.4 Å². The summed E-state index contributed by atoms with van der Waals surface area (Å²) in [5.41, 5.74) is 8.65. The zero-order chi connectivity index (χ0) is 22.2. The molecular weight excluding hydrogens is 400 g/mol.